The molecule has 2 heteroatoms. The van der Waals surface area contributed by atoms with E-state index in [0.29, 0.717) is 0 Å². The van der Waals surface area contributed by atoms with Crippen molar-refractivity contribution >= 4 is 11.0 Å². The molecule has 124 valence electrons. The van der Waals surface area contributed by atoms with Crippen LogP contribution in [0, 0.1) is 0 Å². The van der Waals surface area contributed by atoms with E-state index < -0.39 is 0 Å². The van der Waals surface area contributed by atoms with Gasteiger partial charge in [-0.3, -0.25) is 0 Å². The molecule has 0 fully saturated rings. The highest BCUT2D eigenvalue weighted by atomic mass is 15.1. The first-order valence-electron chi connectivity index (χ1n) is 9.00. The van der Waals surface area contributed by atoms with Crippen molar-refractivity contribution in [1.29, 1.82) is 0 Å². The van der Waals surface area contributed by atoms with E-state index in [1.54, 1.807) is 0 Å². The van der Waals surface area contributed by atoms with Crippen molar-refractivity contribution in [2.75, 3.05) is 0 Å². The number of hydrogen-bond donors (Lipinski definition) is 0. The first-order valence-corrected chi connectivity index (χ1v) is 9.00. The molecule has 0 radical (unpaired) electrons. The summed E-state index contributed by atoms with van der Waals surface area (Å²) < 4.78 is 4.57. The van der Waals surface area contributed by atoms with Gasteiger partial charge >= 0.3 is 0 Å². The van der Waals surface area contributed by atoms with Crippen LogP contribution in [0.1, 0.15) is 25.0 Å². The van der Waals surface area contributed by atoms with Gasteiger partial charge in [-0.15, -0.1) is 0 Å². The summed E-state index contributed by atoms with van der Waals surface area (Å²) in [5.41, 5.74) is 7.57. The van der Waals surface area contributed by atoms with Crippen LogP contribution in [0.25, 0.3) is 22.4 Å². The summed E-state index contributed by atoms with van der Waals surface area (Å²) >= 11 is 0. The van der Waals surface area contributed by atoms with Gasteiger partial charge < -0.3 is 0 Å². The van der Waals surface area contributed by atoms with Gasteiger partial charge in [0.05, 0.1) is 0 Å². The van der Waals surface area contributed by atoms with Gasteiger partial charge in [0, 0.05) is 0 Å². The second-order valence-corrected chi connectivity index (χ2v) is 6.39. The highest BCUT2D eigenvalue weighted by Crippen LogP contribution is 2.20. The van der Waals surface area contributed by atoms with E-state index in [0.717, 1.165) is 12.8 Å². The number of nitrogens with zero attached hydrogens (tertiary/aromatic N) is 2. The van der Waals surface area contributed by atoms with Crippen LogP contribution in [0.2, 0.25) is 0 Å². The monoisotopic (exact) mass is 327 g/mol. The number of hydrogen-bond acceptors (Lipinski definition) is 0. The smallest absolute Gasteiger partial charge is 0.195 e. The second kappa shape index (κ2) is 6.56. The van der Waals surface area contributed by atoms with Crippen LogP contribution in [0.15, 0.2) is 79.1 Å². The Hall–Kier alpha value is -2.87. The van der Waals surface area contributed by atoms with Gasteiger partial charge in [-0.05, 0) is 60.4 Å². The fraction of sp³-hybridized carbons (Fsp3) is 0.174. The van der Waals surface area contributed by atoms with E-state index in [9.17, 15) is 0 Å². The third kappa shape index (κ3) is 2.85. The van der Waals surface area contributed by atoms with E-state index in [1.165, 1.54) is 33.5 Å². The molecular formula is C23H23N2+. The van der Waals surface area contributed by atoms with Crippen LogP contribution in [0.4, 0.5) is 0 Å². The van der Waals surface area contributed by atoms with Crippen molar-refractivity contribution in [3.8, 4) is 11.4 Å². The molecule has 1 aromatic heterocycles. The normalized spacial score (nSPS) is 11.1. The fourth-order valence-electron chi connectivity index (χ4n) is 3.38. The molecule has 3 aromatic carbocycles. The lowest BCUT2D eigenvalue weighted by atomic mass is 10.1. The number of benzene rings is 3. The van der Waals surface area contributed by atoms with Gasteiger partial charge in [0.2, 0.25) is 0 Å². The zero-order valence-electron chi connectivity index (χ0n) is 14.8. The molecule has 0 N–H and O–H groups in total. The van der Waals surface area contributed by atoms with Crippen LogP contribution in [0.5, 0.6) is 0 Å². The number of aryl methyl sites for hydroxylation is 2. The molecule has 0 spiro atoms. The topological polar surface area (TPSA) is 8.81 Å². The van der Waals surface area contributed by atoms with Gasteiger partial charge in [0.15, 0.2) is 11.0 Å². The van der Waals surface area contributed by atoms with Crippen LogP contribution >= 0.6 is 0 Å². The van der Waals surface area contributed by atoms with Crippen molar-refractivity contribution in [2.24, 2.45) is 0 Å². The second-order valence-electron chi connectivity index (χ2n) is 6.39. The highest BCUT2D eigenvalue weighted by molar-refractivity contribution is 5.74. The fourth-order valence-corrected chi connectivity index (χ4v) is 3.38. The molecule has 0 aliphatic carbocycles. The third-order valence-corrected chi connectivity index (χ3v) is 4.83. The zero-order chi connectivity index (χ0) is 17.2. The largest absolute Gasteiger partial charge is 0.255 e. The lowest BCUT2D eigenvalue weighted by Crippen LogP contribution is -2.28. The van der Waals surface area contributed by atoms with Crippen molar-refractivity contribution in [3.63, 3.8) is 0 Å². The molecule has 0 saturated carbocycles. The molecule has 0 unspecified atom stereocenters. The van der Waals surface area contributed by atoms with E-state index in [-0.39, 0.29) is 0 Å². The average Bonchev–Trinajstić information content (AvgIpc) is 3.08. The Labute approximate surface area is 149 Å². The van der Waals surface area contributed by atoms with Gasteiger partial charge in [0.25, 0.3) is 6.33 Å². The maximum atomic E-state index is 2.28. The van der Waals surface area contributed by atoms with E-state index in [2.05, 4.69) is 102 Å². The average molecular weight is 327 g/mol. The van der Waals surface area contributed by atoms with Gasteiger partial charge in [-0.2, -0.15) is 9.13 Å². The minimum atomic E-state index is 1.05. The number of fused-ring (bicyclic) bond motifs is 1. The van der Waals surface area contributed by atoms with Crippen LogP contribution in [-0.4, -0.2) is 4.57 Å². The lowest BCUT2D eigenvalue weighted by Gasteiger charge is -2.01. The first-order chi connectivity index (χ1) is 12.3. The molecule has 25 heavy (non-hydrogen) atoms. The maximum absolute atomic E-state index is 2.28. The minimum absolute atomic E-state index is 1.05. The highest BCUT2D eigenvalue weighted by Gasteiger charge is 2.18. The summed E-state index contributed by atoms with van der Waals surface area (Å²) in [6.07, 6.45) is 4.30. The van der Waals surface area contributed by atoms with Gasteiger partial charge in [-0.1, -0.05) is 50.2 Å². The number of para-hydroxylation sites is 2. The minimum Gasteiger partial charge on any atom is -0.195 e. The van der Waals surface area contributed by atoms with Gasteiger partial charge in [0.1, 0.15) is 11.4 Å². The Bertz CT molecular complexity index is 946. The van der Waals surface area contributed by atoms with Gasteiger partial charge in [-0.25, -0.2) is 0 Å². The molecule has 0 aliphatic heterocycles. The molecular weight excluding hydrogens is 304 g/mol. The summed E-state index contributed by atoms with van der Waals surface area (Å²) in [6.45, 7) is 4.40. The first kappa shape index (κ1) is 15.6. The molecule has 1 heterocycles. The lowest BCUT2D eigenvalue weighted by molar-refractivity contribution is -0.567. The number of imidazole rings is 1. The standard InChI is InChI=1S/C23H23N2/c1-3-18-9-7-11-20(15-18)24-17-25(23-14-6-5-13-22(23)24)21-12-8-10-19(4-2)16-21/h5-17H,3-4H2,1-2H3/q+1. The Balaban J connectivity index is 1.95. The predicted molar refractivity (Wildman–Crippen MR) is 104 cm³/mol. The van der Waals surface area contributed by atoms with Crippen LogP contribution in [-0.2, 0) is 12.8 Å². The maximum Gasteiger partial charge on any atom is 0.255 e. The van der Waals surface area contributed by atoms with Crippen molar-refractivity contribution < 1.29 is 4.57 Å². The SMILES string of the molecule is CCc1cccc(-n2c[n+](-c3cccc(CC)c3)c3ccccc32)c1. The molecule has 4 aromatic rings. The summed E-state index contributed by atoms with van der Waals surface area (Å²) in [6, 6.07) is 26.2. The summed E-state index contributed by atoms with van der Waals surface area (Å²) in [4.78, 5) is 0. The van der Waals surface area contributed by atoms with Crippen molar-refractivity contribution in [2.45, 2.75) is 26.7 Å². The van der Waals surface area contributed by atoms with Crippen molar-refractivity contribution in [1.82, 2.24) is 4.57 Å². The Morgan fingerprint density at radius 2 is 1.48 bits per heavy atom. The number of rotatable bonds is 4. The van der Waals surface area contributed by atoms with Crippen LogP contribution in [0.3, 0.4) is 0 Å². The van der Waals surface area contributed by atoms with E-state index in [4.69, 9.17) is 0 Å². The summed E-state index contributed by atoms with van der Waals surface area (Å²) in [7, 11) is 0. The third-order valence-electron chi connectivity index (χ3n) is 4.83. The zero-order valence-corrected chi connectivity index (χ0v) is 14.8. The Morgan fingerprint density at radius 1 is 0.760 bits per heavy atom. The summed E-state index contributed by atoms with van der Waals surface area (Å²) in [5, 5.41) is 0. The Morgan fingerprint density at radius 3 is 2.28 bits per heavy atom. The van der Waals surface area contributed by atoms with Crippen LogP contribution < -0.4 is 4.57 Å². The van der Waals surface area contributed by atoms with E-state index in [1.807, 2.05) is 0 Å². The molecule has 2 nitrogen and oxygen atoms in total. The number of aromatic nitrogens is 2. The molecule has 0 bridgehead atoms. The molecule has 4 rings (SSSR count). The summed E-state index contributed by atoms with van der Waals surface area (Å²) in [5.74, 6) is 0. The molecule has 0 atom stereocenters. The molecule has 0 saturated heterocycles. The molecule has 0 aliphatic rings. The Kier molecular flexibility index (Phi) is 4.10. The van der Waals surface area contributed by atoms with E-state index >= 15 is 0 Å². The van der Waals surface area contributed by atoms with Crippen molar-refractivity contribution in [3.05, 3.63) is 90.3 Å². The predicted octanol–water partition coefficient (Wildman–Crippen LogP) is 5.03. The molecule has 0 amide bonds. The quantitative estimate of drug-likeness (QED) is 0.465.